The number of benzene rings is 1. The summed E-state index contributed by atoms with van der Waals surface area (Å²) in [6.45, 7) is 2.90. The molecule has 0 saturated carbocycles. The number of nitriles is 1. The van der Waals surface area contributed by atoms with Gasteiger partial charge in [0.1, 0.15) is 23.7 Å². The molecule has 166 valence electrons. The van der Waals surface area contributed by atoms with Crippen molar-refractivity contribution in [2.45, 2.75) is 32.3 Å². The fraction of sp³-hybridized carbons (Fsp3) is 0.273. The predicted octanol–water partition coefficient (Wildman–Crippen LogP) is 3.49. The Morgan fingerprint density at radius 3 is 2.84 bits per heavy atom. The maximum absolute atomic E-state index is 13.8. The van der Waals surface area contributed by atoms with Gasteiger partial charge in [-0.3, -0.25) is 9.48 Å². The van der Waals surface area contributed by atoms with E-state index in [4.69, 9.17) is 10.5 Å². The summed E-state index contributed by atoms with van der Waals surface area (Å²) in [5.41, 5.74) is 8.98. The van der Waals surface area contributed by atoms with Gasteiger partial charge in [-0.1, -0.05) is 17.8 Å². The van der Waals surface area contributed by atoms with E-state index in [1.54, 1.807) is 20.0 Å². The van der Waals surface area contributed by atoms with Gasteiger partial charge in [-0.2, -0.15) is 10.4 Å². The number of aliphatic hydroxyl groups is 1. The highest BCUT2D eigenvalue weighted by Gasteiger charge is 2.21. The van der Waals surface area contributed by atoms with Crippen LogP contribution in [-0.4, -0.2) is 25.0 Å². The Hall–Kier alpha value is -3.42. The van der Waals surface area contributed by atoms with E-state index in [2.05, 4.69) is 16.2 Å². The van der Waals surface area contributed by atoms with Crippen molar-refractivity contribution in [2.75, 3.05) is 5.73 Å². The Bertz CT molecular complexity index is 1210. The number of pyridine rings is 1. The van der Waals surface area contributed by atoms with E-state index in [9.17, 15) is 19.6 Å². The molecule has 0 saturated heterocycles. The Kier molecular flexibility index (Phi) is 7.12. The number of hydrogen-bond donors (Lipinski definition) is 2. The molecule has 2 aromatic heterocycles. The van der Waals surface area contributed by atoms with Crippen molar-refractivity contribution in [2.24, 2.45) is 7.05 Å². The molecule has 0 aliphatic rings. The number of nitrogens with zero attached hydrogens (tertiary/aromatic N) is 4. The maximum atomic E-state index is 13.8. The average molecular weight is 456 g/mol. The Morgan fingerprint density at radius 2 is 2.19 bits per heavy atom. The van der Waals surface area contributed by atoms with Crippen LogP contribution in [0.5, 0.6) is 5.75 Å². The topological polar surface area (TPSA) is 127 Å². The number of thioether (sulfide) groups is 1. The van der Waals surface area contributed by atoms with Crippen LogP contribution in [0.25, 0.3) is 11.1 Å². The molecule has 0 radical (unpaired) electrons. The highest BCUT2D eigenvalue weighted by molar-refractivity contribution is 8.12. The van der Waals surface area contributed by atoms with Gasteiger partial charge in [0.05, 0.1) is 12.3 Å². The fourth-order valence-corrected chi connectivity index (χ4v) is 3.85. The number of nitrogen functional groups attached to an aromatic ring is 1. The number of carbonyl (C=O) groups is 1. The summed E-state index contributed by atoms with van der Waals surface area (Å²) in [7, 11) is 1.65. The molecule has 10 heteroatoms. The summed E-state index contributed by atoms with van der Waals surface area (Å²) in [4.78, 5) is 15.6. The van der Waals surface area contributed by atoms with Gasteiger partial charge >= 0.3 is 0 Å². The molecule has 1 aromatic carbocycles. The molecule has 32 heavy (non-hydrogen) atoms. The van der Waals surface area contributed by atoms with Crippen LogP contribution in [-0.2, 0) is 24.2 Å². The molecular formula is C22H22FN5O3S. The van der Waals surface area contributed by atoms with Crippen molar-refractivity contribution in [3.63, 3.8) is 0 Å². The lowest BCUT2D eigenvalue weighted by molar-refractivity contribution is -0.109. The van der Waals surface area contributed by atoms with Gasteiger partial charge in [-0.15, -0.1) is 0 Å². The highest BCUT2D eigenvalue weighted by Crippen LogP contribution is 2.35. The average Bonchev–Trinajstić information content (AvgIpc) is 3.08. The molecule has 3 rings (SSSR count). The minimum atomic E-state index is -0.635. The van der Waals surface area contributed by atoms with Crippen LogP contribution in [0.15, 0.2) is 30.5 Å². The van der Waals surface area contributed by atoms with Crippen molar-refractivity contribution < 1.29 is 19.0 Å². The van der Waals surface area contributed by atoms with Crippen LogP contribution in [0.1, 0.15) is 42.5 Å². The molecule has 3 N–H and O–H groups in total. The second kappa shape index (κ2) is 9.80. The first kappa shape index (κ1) is 23.2. The number of nitrogens with two attached hydrogens (primary N) is 1. The Balaban J connectivity index is 2.01. The zero-order chi connectivity index (χ0) is 23.4. The number of halogens is 1. The number of aromatic nitrogens is 3. The molecule has 2 heterocycles. The Labute approximate surface area is 188 Å². The lowest BCUT2D eigenvalue weighted by atomic mass is 10.0. The van der Waals surface area contributed by atoms with E-state index in [-0.39, 0.29) is 23.3 Å². The lowest BCUT2D eigenvalue weighted by Crippen LogP contribution is -2.09. The van der Waals surface area contributed by atoms with Gasteiger partial charge in [-0.05, 0) is 30.7 Å². The molecule has 0 aliphatic heterocycles. The summed E-state index contributed by atoms with van der Waals surface area (Å²) >= 11 is 1.09. The molecule has 1 atom stereocenters. The first-order valence-electron chi connectivity index (χ1n) is 9.66. The summed E-state index contributed by atoms with van der Waals surface area (Å²) in [6, 6.07) is 7.83. The third-order valence-electron chi connectivity index (χ3n) is 4.83. The Morgan fingerprint density at radius 1 is 1.44 bits per heavy atom. The van der Waals surface area contributed by atoms with Gasteiger partial charge in [0.2, 0.25) is 0 Å². The molecule has 0 unspecified atom stereocenters. The number of hydrogen-bond acceptors (Lipinski definition) is 8. The third-order valence-corrected chi connectivity index (χ3v) is 5.65. The minimum Gasteiger partial charge on any atom is -0.482 e. The summed E-state index contributed by atoms with van der Waals surface area (Å²) in [6.07, 6.45) is 0.873. The molecule has 0 aliphatic carbocycles. The van der Waals surface area contributed by atoms with Gasteiger partial charge < -0.3 is 15.6 Å². The molecule has 3 aromatic rings. The standard InChI is InChI=1S/C22H22FN5O3S/c1-12(17-7-16(23)5-4-14(17)10-29)31-20-6-15(9-26-22(20)25)21-18(11-32-13(2)30)27-28(3)19(21)8-24/h4-7,9,12,29H,10-11H2,1-3H3,(H2,25,26)/t12-/m1/s1. The van der Waals surface area contributed by atoms with Crippen LogP contribution in [0.2, 0.25) is 0 Å². The van der Waals surface area contributed by atoms with Gasteiger partial charge in [-0.25, -0.2) is 9.37 Å². The number of anilines is 1. The van der Waals surface area contributed by atoms with Gasteiger partial charge in [0.15, 0.2) is 16.7 Å². The number of carbonyl (C=O) groups excluding carboxylic acids is 1. The molecule has 0 bridgehead atoms. The zero-order valence-corrected chi connectivity index (χ0v) is 18.6. The second-order valence-corrected chi connectivity index (χ2v) is 8.21. The second-order valence-electron chi connectivity index (χ2n) is 7.05. The molecular weight excluding hydrogens is 433 g/mol. The van der Waals surface area contributed by atoms with Gasteiger partial charge in [0.25, 0.3) is 0 Å². The smallest absolute Gasteiger partial charge is 0.186 e. The van der Waals surface area contributed by atoms with Gasteiger partial charge in [0, 0.05) is 42.6 Å². The molecule has 0 spiro atoms. The van der Waals surface area contributed by atoms with Crippen molar-refractivity contribution in [1.29, 1.82) is 5.26 Å². The SMILES string of the molecule is CC(=O)SCc1nn(C)c(C#N)c1-c1cnc(N)c(O[C@H](C)c2cc(F)ccc2CO)c1. The van der Waals surface area contributed by atoms with E-state index in [1.807, 2.05) is 0 Å². The quantitative estimate of drug-likeness (QED) is 0.554. The number of rotatable bonds is 7. The van der Waals surface area contributed by atoms with Crippen molar-refractivity contribution in [3.05, 3.63) is 58.8 Å². The number of ether oxygens (including phenoxy) is 1. The van der Waals surface area contributed by atoms with E-state index in [0.717, 1.165) is 11.8 Å². The number of aryl methyl sites for hydroxylation is 1. The van der Waals surface area contributed by atoms with E-state index < -0.39 is 11.9 Å². The van der Waals surface area contributed by atoms with Crippen LogP contribution >= 0.6 is 11.8 Å². The predicted molar refractivity (Wildman–Crippen MR) is 119 cm³/mol. The largest absolute Gasteiger partial charge is 0.482 e. The summed E-state index contributed by atoms with van der Waals surface area (Å²) in [5.74, 6) is 0.195. The molecule has 8 nitrogen and oxygen atoms in total. The summed E-state index contributed by atoms with van der Waals surface area (Å²) in [5, 5.41) is 23.5. The van der Waals surface area contributed by atoms with Crippen molar-refractivity contribution in [1.82, 2.24) is 14.8 Å². The monoisotopic (exact) mass is 455 g/mol. The van der Waals surface area contributed by atoms with Crippen molar-refractivity contribution in [3.8, 4) is 22.9 Å². The first-order valence-corrected chi connectivity index (χ1v) is 10.6. The molecule has 0 amide bonds. The van der Waals surface area contributed by atoms with E-state index in [1.165, 1.54) is 36.0 Å². The third kappa shape index (κ3) is 4.90. The van der Waals surface area contributed by atoms with Crippen LogP contribution in [0, 0.1) is 17.1 Å². The van der Waals surface area contributed by atoms with Crippen LogP contribution in [0.4, 0.5) is 10.2 Å². The maximum Gasteiger partial charge on any atom is 0.186 e. The van der Waals surface area contributed by atoms with E-state index >= 15 is 0 Å². The highest BCUT2D eigenvalue weighted by atomic mass is 32.2. The number of aliphatic hydroxyl groups excluding tert-OH is 1. The fourth-order valence-electron chi connectivity index (χ4n) is 3.31. The lowest BCUT2D eigenvalue weighted by Gasteiger charge is -2.19. The van der Waals surface area contributed by atoms with Crippen molar-refractivity contribution >= 4 is 22.7 Å². The van der Waals surface area contributed by atoms with E-state index in [0.29, 0.717) is 39.4 Å². The zero-order valence-electron chi connectivity index (χ0n) is 17.8. The minimum absolute atomic E-state index is 0.0665. The molecule has 0 fully saturated rings. The summed E-state index contributed by atoms with van der Waals surface area (Å²) < 4.78 is 21.2. The first-order chi connectivity index (χ1) is 15.2. The normalized spacial score (nSPS) is 11.8. The van der Waals surface area contributed by atoms with Crippen LogP contribution < -0.4 is 10.5 Å². The van der Waals surface area contributed by atoms with Crippen LogP contribution in [0.3, 0.4) is 0 Å².